The van der Waals surface area contributed by atoms with Gasteiger partial charge in [-0.3, -0.25) is 10.1 Å². The minimum absolute atomic E-state index is 0.0235. The highest BCUT2D eigenvalue weighted by Crippen LogP contribution is 2.32. The molecule has 1 aromatic heterocycles. The summed E-state index contributed by atoms with van der Waals surface area (Å²) in [6.45, 7) is 4.24. The Hall–Kier alpha value is -3.00. The molecule has 146 valence electrons. The van der Waals surface area contributed by atoms with E-state index in [9.17, 15) is 4.79 Å². The van der Waals surface area contributed by atoms with Crippen LogP contribution in [0, 0.1) is 0 Å². The molecule has 2 aromatic carbocycles. The number of ether oxygens (including phenoxy) is 2. The van der Waals surface area contributed by atoms with E-state index in [4.69, 9.17) is 13.9 Å². The SMILES string of the molecule is COc1ccc(-c2nnc(NC(=O)c3ccc(SC(C)C)cc3)o2)cc1OC. The maximum Gasteiger partial charge on any atom is 0.322 e. The maximum atomic E-state index is 12.4. The minimum atomic E-state index is -0.316. The fraction of sp³-hybridized carbons (Fsp3) is 0.250. The number of carbonyl (C=O) groups is 1. The summed E-state index contributed by atoms with van der Waals surface area (Å²) < 4.78 is 16.0. The lowest BCUT2D eigenvalue weighted by atomic mass is 10.2. The number of rotatable bonds is 7. The predicted molar refractivity (Wildman–Crippen MR) is 108 cm³/mol. The average molecular weight is 399 g/mol. The molecule has 7 nitrogen and oxygen atoms in total. The number of amides is 1. The summed E-state index contributed by atoms with van der Waals surface area (Å²) in [5.41, 5.74) is 1.17. The van der Waals surface area contributed by atoms with Gasteiger partial charge in [-0.1, -0.05) is 18.9 Å². The molecular formula is C20H21N3O4S. The van der Waals surface area contributed by atoms with Crippen LogP contribution in [0.15, 0.2) is 51.8 Å². The van der Waals surface area contributed by atoms with E-state index in [-0.39, 0.29) is 17.8 Å². The molecule has 0 unspecified atom stereocenters. The molecule has 3 aromatic rings. The fourth-order valence-electron chi connectivity index (χ4n) is 2.49. The van der Waals surface area contributed by atoms with Gasteiger partial charge in [-0.25, -0.2) is 0 Å². The maximum absolute atomic E-state index is 12.4. The van der Waals surface area contributed by atoms with E-state index < -0.39 is 0 Å². The Morgan fingerprint density at radius 1 is 1.04 bits per heavy atom. The Balaban J connectivity index is 1.71. The zero-order valence-corrected chi connectivity index (χ0v) is 16.9. The zero-order chi connectivity index (χ0) is 20.1. The number of thioether (sulfide) groups is 1. The van der Waals surface area contributed by atoms with E-state index in [0.29, 0.717) is 27.9 Å². The van der Waals surface area contributed by atoms with E-state index in [1.165, 1.54) is 0 Å². The number of nitrogens with zero attached hydrogens (tertiary/aromatic N) is 2. The third-order valence-corrected chi connectivity index (χ3v) is 4.78. The lowest BCUT2D eigenvalue weighted by molar-refractivity contribution is 0.102. The molecule has 0 saturated heterocycles. The first-order valence-electron chi connectivity index (χ1n) is 8.64. The lowest BCUT2D eigenvalue weighted by Crippen LogP contribution is -2.11. The van der Waals surface area contributed by atoms with Gasteiger partial charge in [0.2, 0.25) is 5.89 Å². The van der Waals surface area contributed by atoms with Crippen LogP contribution < -0.4 is 14.8 Å². The molecule has 1 N–H and O–H groups in total. The molecule has 0 saturated carbocycles. The number of methoxy groups -OCH3 is 2. The molecule has 28 heavy (non-hydrogen) atoms. The standard InChI is InChI=1S/C20H21N3O4S/c1-12(2)28-15-8-5-13(6-9-15)18(24)21-20-23-22-19(27-20)14-7-10-16(25-3)17(11-14)26-4/h5-12H,1-4H3,(H,21,23,24). The van der Waals surface area contributed by atoms with Crippen LogP contribution in [0.5, 0.6) is 11.5 Å². The number of hydrogen-bond donors (Lipinski definition) is 1. The van der Waals surface area contributed by atoms with E-state index in [1.54, 1.807) is 56.3 Å². The number of benzene rings is 2. The second-order valence-electron chi connectivity index (χ2n) is 6.13. The van der Waals surface area contributed by atoms with Crippen molar-refractivity contribution in [1.82, 2.24) is 10.2 Å². The van der Waals surface area contributed by atoms with E-state index in [0.717, 1.165) is 4.90 Å². The van der Waals surface area contributed by atoms with Crippen LogP contribution in [0.1, 0.15) is 24.2 Å². The first kappa shape index (κ1) is 19.8. The van der Waals surface area contributed by atoms with Gasteiger partial charge < -0.3 is 13.9 Å². The van der Waals surface area contributed by atoms with Crippen LogP contribution in [-0.2, 0) is 0 Å². The Morgan fingerprint density at radius 2 is 1.75 bits per heavy atom. The van der Waals surface area contributed by atoms with Crippen molar-refractivity contribution in [2.75, 3.05) is 19.5 Å². The topological polar surface area (TPSA) is 86.5 Å². The highest BCUT2D eigenvalue weighted by Gasteiger charge is 2.15. The van der Waals surface area contributed by atoms with Crippen LogP contribution in [-0.4, -0.2) is 35.6 Å². The Kier molecular flexibility index (Phi) is 6.20. The van der Waals surface area contributed by atoms with Crippen molar-refractivity contribution < 1.29 is 18.7 Å². The Bertz CT molecular complexity index is 954. The molecule has 1 heterocycles. The average Bonchev–Trinajstić information content (AvgIpc) is 3.16. The molecule has 1 amide bonds. The lowest BCUT2D eigenvalue weighted by Gasteiger charge is -2.07. The Morgan fingerprint density at radius 3 is 2.39 bits per heavy atom. The molecular weight excluding hydrogens is 378 g/mol. The Labute approximate surface area is 167 Å². The van der Waals surface area contributed by atoms with Gasteiger partial charge in [0.05, 0.1) is 14.2 Å². The monoisotopic (exact) mass is 399 g/mol. The molecule has 0 aliphatic rings. The number of hydrogen-bond acceptors (Lipinski definition) is 7. The molecule has 0 fully saturated rings. The van der Waals surface area contributed by atoms with Crippen LogP contribution >= 0.6 is 11.8 Å². The van der Waals surface area contributed by atoms with Gasteiger partial charge in [-0.05, 0) is 42.5 Å². The van der Waals surface area contributed by atoms with Crippen molar-refractivity contribution in [3.8, 4) is 23.0 Å². The van der Waals surface area contributed by atoms with Gasteiger partial charge in [0.15, 0.2) is 11.5 Å². The number of anilines is 1. The van der Waals surface area contributed by atoms with E-state index in [2.05, 4.69) is 29.4 Å². The highest BCUT2D eigenvalue weighted by atomic mass is 32.2. The third kappa shape index (κ3) is 4.64. The molecule has 0 radical (unpaired) electrons. The van der Waals surface area contributed by atoms with Crippen molar-refractivity contribution in [2.45, 2.75) is 24.0 Å². The predicted octanol–water partition coefficient (Wildman–Crippen LogP) is 4.51. The van der Waals surface area contributed by atoms with Crippen molar-refractivity contribution in [3.05, 3.63) is 48.0 Å². The van der Waals surface area contributed by atoms with Crippen LogP contribution in [0.2, 0.25) is 0 Å². The van der Waals surface area contributed by atoms with Gasteiger partial charge in [0.1, 0.15) is 0 Å². The minimum Gasteiger partial charge on any atom is -0.493 e. The number of nitrogens with one attached hydrogen (secondary N) is 1. The summed E-state index contributed by atoms with van der Waals surface area (Å²) >= 11 is 1.74. The molecule has 0 atom stereocenters. The summed E-state index contributed by atoms with van der Waals surface area (Å²) in [5, 5.41) is 11.0. The first-order chi connectivity index (χ1) is 13.5. The second-order valence-corrected chi connectivity index (χ2v) is 7.78. The first-order valence-corrected chi connectivity index (χ1v) is 9.52. The van der Waals surface area contributed by atoms with Crippen LogP contribution in [0.4, 0.5) is 6.01 Å². The van der Waals surface area contributed by atoms with Crippen LogP contribution in [0.3, 0.4) is 0 Å². The largest absolute Gasteiger partial charge is 0.493 e. The van der Waals surface area contributed by atoms with E-state index >= 15 is 0 Å². The quantitative estimate of drug-likeness (QED) is 0.585. The molecule has 0 aliphatic carbocycles. The second kappa shape index (κ2) is 8.79. The van der Waals surface area contributed by atoms with Gasteiger partial charge in [0.25, 0.3) is 5.91 Å². The van der Waals surface area contributed by atoms with Crippen LogP contribution in [0.25, 0.3) is 11.5 Å². The summed E-state index contributed by atoms with van der Waals surface area (Å²) in [7, 11) is 3.11. The molecule has 0 aliphatic heterocycles. The summed E-state index contributed by atoms with van der Waals surface area (Å²) in [6, 6.07) is 12.6. The number of aromatic nitrogens is 2. The third-order valence-electron chi connectivity index (χ3n) is 3.76. The molecule has 0 bridgehead atoms. The van der Waals surface area contributed by atoms with E-state index in [1.807, 2.05) is 12.1 Å². The summed E-state index contributed by atoms with van der Waals surface area (Å²) in [5.74, 6) is 1.09. The van der Waals surface area contributed by atoms with Gasteiger partial charge in [-0.15, -0.1) is 16.9 Å². The van der Waals surface area contributed by atoms with Crippen molar-refractivity contribution in [3.63, 3.8) is 0 Å². The highest BCUT2D eigenvalue weighted by molar-refractivity contribution is 7.99. The van der Waals surface area contributed by atoms with Crippen molar-refractivity contribution in [1.29, 1.82) is 0 Å². The fourth-order valence-corrected chi connectivity index (χ4v) is 3.32. The van der Waals surface area contributed by atoms with Gasteiger partial charge in [-0.2, -0.15) is 0 Å². The number of carbonyl (C=O) groups excluding carboxylic acids is 1. The molecule has 0 spiro atoms. The van der Waals surface area contributed by atoms with Crippen molar-refractivity contribution >= 4 is 23.7 Å². The normalized spacial score (nSPS) is 10.8. The molecule has 8 heteroatoms. The van der Waals surface area contributed by atoms with Gasteiger partial charge >= 0.3 is 6.01 Å². The summed E-state index contributed by atoms with van der Waals surface area (Å²) in [6.07, 6.45) is 0. The summed E-state index contributed by atoms with van der Waals surface area (Å²) in [4.78, 5) is 13.5. The zero-order valence-electron chi connectivity index (χ0n) is 16.1. The molecule has 3 rings (SSSR count). The van der Waals surface area contributed by atoms with Crippen molar-refractivity contribution in [2.24, 2.45) is 0 Å². The smallest absolute Gasteiger partial charge is 0.322 e. The van der Waals surface area contributed by atoms with Gasteiger partial charge in [0, 0.05) is 21.3 Å².